The van der Waals surface area contributed by atoms with E-state index >= 15 is 0 Å². The lowest BCUT2D eigenvalue weighted by atomic mass is 10.2. The van der Waals surface area contributed by atoms with E-state index in [1.54, 1.807) is 26.1 Å². The number of aromatic nitrogens is 4. The first-order chi connectivity index (χ1) is 13.9. The van der Waals surface area contributed by atoms with Crippen LogP contribution in [0.2, 0.25) is 0 Å². The van der Waals surface area contributed by atoms with Gasteiger partial charge in [0.25, 0.3) is 5.91 Å². The van der Waals surface area contributed by atoms with Gasteiger partial charge in [-0.25, -0.2) is 0 Å². The number of nitrogens with one attached hydrogen (secondary N) is 2. The van der Waals surface area contributed by atoms with E-state index in [4.69, 9.17) is 4.42 Å². The maximum Gasteiger partial charge on any atom is 0.307 e. The number of rotatable bonds is 8. The summed E-state index contributed by atoms with van der Waals surface area (Å²) in [5.74, 6) is -0.338. The van der Waals surface area contributed by atoms with Gasteiger partial charge in [0.2, 0.25) is 5.91 Å². The van der Waals surface area contributed by atoms with Crippen LogP contribution >= 0.6 is 0 Å². The van der Waals surface area contributed by atoms with Crippen molar-refractivity contribution in [3.05, 3.63) is 58.6 Å². The van der Waals surface area contributed by atoms with Crippen LogP contribution in [0.5, 0.6) is 0 Å². The molecule has 3 aromatic heterocycles. The molecule has 0 bridgehead atoms. The predicted octanol–water partition coefficient (Wildman–Crippen LogP) is 1.64. The molecule has 0 saturated heterocycles. The van der Waals surface area contributed by atoms with Crippen LogP contribution in [-0.2, 0) is 18.4 Å². The first-order valence-corrected chi connectivity index (χ1v) is 8.72. The minimum absolute atomic E-state index is 0.159. The number of hydrogen-bond donors (Lipinski definition) is 2. The van der Waals surface area contributed by atoms with Crippen LogP contribution in [0, 0.1) is 10.1 Å². The van der Waals surface area contributed by atoms with Crippen molar-refractivity contribution in [1.82, 2.24) is 24.9 Å². The van der Waals surface area contributed by atoms with Crippen LogP contribution in [-0.4, -0.2) is 36.3 Å². The highest BCUT2D eigenvalue weighted by Crippen LogP contribution is 2.20. The lowest BCUT2D eigenvalue weighted by Crippen LogP contribution is -2.29. The summed E-state index contributed by atoms with van der Waals surface area (Å²) in [6.45, 7) is 1.93. The number of carbonyl (C=O) groups excluding carboxylic acids is 2. The normalized spacial score (nSPS) is 11.8. The number of amides is 2. The minimum atomic E-state index is -0.789. The molecule has 0 fully saturated rings. The second-order valence-electron chi connectivity index (χ2n) is 6.14. The van der Waals surface area contributed by atoms with Crippen molar-refractivity contribution in [3.8, 4) is 0 Å². The maximum absolute atomic E-state index is 12.7. The smallest absolute Gasteiger partial charge is 0.307 e. The molecule has 0 saturated carbocycles. The second-order valence-corrected chi connectivity index (χ2v) is 6.14. The van der Waals surface area contributed by atoms with Crippen molar-refractivity contribution in [2.24, 2.45) is 7.05 Å². The van der Waals surface area contributed by atoms with E-state index in [-0.39, 0.29) is 23.6 Å². The SMILES string of the molecule is CCC(C(=O)Nc1cnn(C)c1C(=O)NCc1ccco1)n1cc([N+](=O)[O-])cn1. The summed E-state index contributed by atoms with van der Waals surface area (Å²) < 4.78 is 7.74. The molecule has 2 amide bonds. The molecule has 152 valence electrons. The molecule has 1 unspecified atom stereocenters. The zero-order chi connectivity index (χ0) is 21.0. The van der Waals surface area contributed by atoms with Crippen molar-refractivity contribution in [2.75, 3.05) is 5.32 Å². The lowest BCUT2D eigenvalue weighted by Gasteiger charge is -2.15. The molecular weight excluding hydrogens is 382 g/mol. The monoisotopic (exact) mass is 401 g/mol. The van der Waals surface area contributed by atoms with Crippen molar-refractivity contribution in [2.45, 2.75) is 25.9 Å². The molecule has 1 atom stereocenters. The third kappa shape index (κ3) is 4.31. The molecule has 0 spiro atoms. The Hall–Kier alpha value is -3.96. The van der Waals surface area contributed by atoms with Crippen molar-refractivity contribution in [3.63, 3.8) is 0 Å². The number of furan rings is 1. The molecule has 3 rings (SSSR count). The molecule has 0 radical (unpaired) electrons. The Morgan fingerprint density at radius 3 is 2.76 bits per heavy atom. The van der Waals surface area contributed by atoms with E-state index in [1.807, 2.05) is 0 Å². The first kappa shape index (κ1) is 19.8. The van der Waals surface area contributed by atoms with Gasteiger partial charge in [0.1, 0.15) is 29.9 Å². The fraction of sp³-hybridized carbons (Fsp3) is 0.294. The van der Waals surface area contributed by atoms with Gasteiger partial charge in [-0.05, 0) is 18.6 Å². The Morgan fingerprint density at radius 2 is 2.14 bits per heavy atom. The molecule has 3 heterocycles. The van der Waals surface area contributed by atoms with Gasteiger partial charge < -0.3 is 15.1 Å². The van der Waals surface area contributed by atoms with E-state index in [0.29, 0.717) is 12.2 Å². The van der Waals surface area contributed by atoms with Crippen molar-refractivity contribution < 1.29 is 18.9 Å². The summed E-state index contributed by atoms with van der Waals surface area (Å²) in [4.78, 5) is 35.5. The predicted molar refractivity (Wildman–Crippen MR) is 99.9 cm³/mol. The standard InChI is InChI=1S/C17H19N7O5/c1-3-14(23-10-11(7-20-23)24(27)28)16(25)21-13-9-19-22(2)15(13)17(26)18-8-12-5-4-6-29-12/h4-7,9-10,14H,3,8H2,1-2H3,(H,18,26)(H,21,25). The highest BCUT2D eigenvalue weighted by atomic mass is 16.6. The van der Waals surface area contributed by atoms with Crippen molar-refractivity contribution in [1.29, 1.82) is 0 Å². The third-order valence-electron chi connectivity index (χ3n) is 4.22. The van der Waals surface area contributed by atoms with E-state index in [0.717, 1.165) is 6.20 Å². The third-order valence-corrected chi connectivity index (χ3v) is 4.22. The largest absolute Gasteiger partial charge is 0.467 e. The maximum atomic E-state index is 12.7. The van der Waals surface area contributed by atoms with E-state index < -0.39 is 22.8 Å². The van der Waals surface area contributed by atoms with Crippen LogP contribution < -0.4 is 10.6 Å². The molecule has 0 aliphatic rings. The fourth-order valence-corrected chi connectivity index (χ4v) is 2.76. The molecular formula is C17H19N7O5. The summed E-state index contributed by atoms with van der Waals surface area (Å²) in [5.41, 5.74) is 0.163. The van der Waals surface area contributed by atoms with Crippen LogP contribution in [0.3, 0.4) is 0 Å². The van der Waals surface area contributed by atoms with E-state index in [2.05, 4.69) is 20.8 Å². The summed E-state index contributed by atoms with van der Waals surface area (Å²) in [6, 6.07) is 2.64. The Labute approximate surface area is 164 Å². The fourth-order valence-electron chi connectivity index (χ4n) is 2.76. The molecule has 29 heavy (non-hydrogen) atoms. The molecule has 0 aliphatic heterocycles. The van der Waals surface area contributed by atoms with Gasteiger partial charge in [-0.1, -0.05) is 6.92 Å². The Kier molecular flexibility index (Phi) is 5.71. The quantitative estimate of drug-likeness (QED) is 0.430. The Balaban J connectivity index is 1.74. The molecule has 0 aromatic carbocycles. The molecule has 12 heteroatoms. The average molecular weight is 401 g/mol. The number of carbonyl (C=O) groups is 2. The van der Waals surface area contributed by atoms with Crippen LogP contribution in [0.4, 0.5) is 11.4 Å². The number of nitrogens with zero attached hydrogens (tertiary/aromatic N) is 5. The number of hydrogen-bond acceptors (Lipinski definition) is 7. The second kappa shape index (κ2) is 8.37. The van der Waals surface area contributed by atoms with Gasteiger partial charge in [-0.2, -0.15) is 10.2 Å². The molecule has 2 N–H and O–H groups in total. The highest BCUT2D eigenvalue weighted by Gasteiger charge is 2.25. The first-order valence-electron chi connectivity index (χ1n) is 8.72. The summed E-state index contributed by atoms with van der Waals surface area (Å²) in [5, 5.41) is 24.1. The number of aryl methyl sites for hydroxylation is 1. The Morgan fingerprint density at radius 1 is 1.34 bits per heavy atom. The number of nitro groups is 1. The van der Waals surface area contributed by atoms with Crippen molar-refractivity contribution >= 4 is 23.2 Å². The molecule has 0 aliphatic carbocycles. The van der Waals surface area contributed by atoms with Gasteiger partial charge in [0, 0.05) is 7.05 Å². The van der Waals surface area contributed by atoms with Gasteiger partial charge in [-0.15, -0.1) is 0 Å². The van der Waals surface area contributed by atoms with Crippen LogP contribution in [0.25, 0.3) is 0 Å². The summed E-state index contributed by atoms with van der Waals surface area (Å²) in [6.07, 6.45) is 5.46. The minimum Gasteiger partial charge on any atom is -0.467 e. The topological polar surface area (TPSA) is 150 Å². The molecule has 3 aromatic rings. The average Bonchev–Trinajstić information content (AvgIpc) is 3.42. The summed E-state index contributed by atoms with van der Waals surface area (Å²) >= 11 is 0. The van der Waals surface area contributed by atoms with Crippen LogP contribution in [0.1, 0.15) is 35.6 Å². The Bertz CT molecular complexity index is 1020. The van der Waals surface area contributed by atoms with Gasteiger partial charge in [0.15, 0.2) is 0 Å². The van der Waals surface area contributed by atoms with Crippen LogP contribution in [0.15, 0.2) is 41.4 Å². The van der Waals surface area contributed by atoms with Gasteiger partial charge in [0.05, 0.1) is 29.6 Å². The summed E-state index contributed by atoms with van der Waals surface area (Å²) in [7, 11) is 1.58. The van der Waals surface area contributed by atoms with Gasteiger partial charge >= 0.3 is 5.69 Å². The number of anilines is 1. The lowest BCUT2D eigenvalue weighted by molar-refractivity contribution is -0.385. The zero-order valence-corrected chi connectivity index (χ0v) is 15.7. The molecule has 12 nitrogen and oxygen atoms in total. The van der Waals surface area contributed by atoms with Gasteiger partial charge in [-0.3, -0.25) is 29.1 Å². The highest BCUT2D eigenvalue weighted by molar-refractivity contribution is 6.03. The zero-order valence-electron chi connectivity index (χ0n) is 15.7. The van der Waals surface area contributed by atoms with E-state index in [1.165, 1.54) is 28.0 Å². The van der Waals surface area contributed by atoms with E-state index in [9.17, 15) is 19.7 Å².